The van der Waals surface area contributed by atoms with Gasteiger partial charge in [0.15, 0.2) is 0 Å². The molecule has 1 aromatic carbocycles. The fourth-order valence-corrected chi connectivity index (χ4v) is 2.05. The summed E-state index contributed by atoms with van der Waals surface area (Å²) in [6, 6.07) is 5.24. The maximum Gasteiger partial charge on any atom is 0.139 e. The Morgan fingerprint density at radius 2 is 2.12 bits per heavy atom. The molecule has 0 bridgehead atoms. The molecule has 0 heterocycles. The smallest absolute Gasteiger partial charge is 0.139 e. The molecule has 1 atom stereocenters. The fourth-order valence-electron chi connectivity index (χ4n) is 1.43. The highest BCUT2D eigenvalue weighted by Gasteiger charge is 2.08. The monoisotopic (exact) mass is 278 g/mol. The van der Waals surface area contributed by atoms with Crippen molar-refractivity contribution >= 4 is 35.8 Å². The molecule has 0 saturated carbocycles. The second kappa shape index (κ2) is 7.31. The number of thiol groups is 1. The Bertz CT molecular complexity index is 331. The Morgan fingerprint density at radius 1 is 1.38 bits per heavy atom. The summed E-state index contributed by atoms with van der Waals surface area (Å²) >= 11 is 16.2. The lowest BCUT2D eigenvalue weighted by molar-refractivity contribution is 0.255. The van der Waals surface area contributed by atoms with Crippen molar-refractivity contribution in [3.05, 3.63) is 28.2 Å². The maximum atomic E-state index is 6.00. The molecule has 1 aromatic rings. The Hall–Kier alpha value is -0.0500. The number of benzene rings is 1. The molecule has 0 aliphatic rings. The SMILES string of the molecule is CCCC(CS)COc1cc(Cl)ccc1Cl. The number of halogens is 2. The van der Waals surface area contributed by atoms with Crippen molar-refractivity contribution in [2.75, 3.05) is 12.4 Å². The van der Waals surface area contributed by atoms with Gasteiger partial charge in [-0.05, 0) is 24.3 Å². The van der Waals surface area contributed by atoms with Gasteiger partial charge < -0.3 is 4.74 Å². The van der Waals surface area contributed by atoms with Crippen LogP contribution in [0.15, 0.2) is 18.2 Å². The first kappa shape index (κ1) is 14.0. The van der Waals surface area contributed by atoms with Crippen LogP contribution in [0.5, 0.6) is 5.75 Å². The van der Waals surface area contributed by atoms with Crippen molar-refractivity contribution in [2.24, 2.45) is 5.92 Å². The molecule has 0 N–H and O–H groups in total. The van der Waals surface area contributed by atoms with Gasteiger partial charge in [0.2, 0.25) is 0 Å². The molecule has 4 heteroatoms. The zero-order valence-electron chi connectivity index (χ0n) is 9.25. The van der Waals surface area contributed by atoms with Crippen LogP contribution in [-0.4, -0.2) is 12.4 Å². The lowest BCUT2D eigenvalue weighted by Gasteiger charge is -2.15. The Labute approximate surface area is 112 Å². The summed E-state index contributed by atoms with van der Waals surface area (Å²) < 4.78 is 5.66. The van der Waals surface area contributed by atoms with Crippen LogP contribution in [0.4, 0.5) is 0 Å². The molecule has 0 radical (unpaired) electrons. The third-order valence-electron chi connectivity index (χ3n) is 2.32. The fraction of sp³-hybridized carbons (Fsp3) is 0.500. The highest BCUT2D eigenvalue weighted by atomic mass is 35.5. The van der Waals surface area contributed by atoms with Gasteiger partial charge in [-0.15, -0.1) is 0 Å². The van der Waals surface area contributed by atoms with E-state index in [-0.39, 0.29) is 0 Å². The molecule has 0 aliphatic carbocycles. The first-order chi connectivity index (χ1) is 7.67. The molecule has 16 heavy (non-hydrogen) atoms. The van der Waals surface area contributed by atoms with Crippen LogP contribution in [0.25, 0.3) is 0 Å². The van der Waals surface area contributed by atoms with Crippen LogP contribution in [0, 0.1) is 5.92 Å². The van der Waals surface area contributed by atoms with Crippen LogP contribution in [-0.2, 0) is 0 Å². The molecule has 1 nitrogen and oxygen atoms in total. The van der Waals surface area contributed by atoms with E-state index in [4.69, 9.17) is 27.9 Å². The Morgan fingerprint density at radius 3 is 2.75 bits per heavy atom. The van der Waals surface area contributed by atoms with Crippen molar-refractivity contribution in [3.63, 3.8) is 0 Å². The maximum absolute atomic E-state index is 6.00. The van der Waals surface area contributed by atoms with Crippen LogP contribution >= 0.6 is 35.8 Å². The number of rotatable bonds is 6. The average molecular weight is 279 g/mol. The van der Waals surface area contributed by atoms with Gasteiger partial charge >= 0.3 is 0 Å². The third-order valence-corrected chi connectivity index (χ3v) is 3.39. The van der Waals surface area contributed by atoms with E-state index >= 15 is 0 Å². The van der Waals surface area contributed by atoms with Crippen molar-refractivity contribution < 1.29 is 4.74 Å². The Balaban J connectivity index is 2.55. The summed E-state index contributed by atoms with van der Waals surface area (Å²) in [7, 11) is 0. The molecular formula is C12H16Cl2OS. The summed E-state index contributed by atoms with van der Waals surface area (Å²) in [6.45, 7) is 2.79. The molecule has 0 aromatic heterocycles. The van der Waals surface area contributed by atoms with Gasteiger partial charge in [0.1, 0.15) is 5.75 Å². The van der Waals surface area contributed by atoms with Gasteiger partial charge in [-0.2, -0.15) is 12.6 Å². The predicted molar refractivity (Wildman–Crippen MR) is 74.2 cm³/mol. The molecule has 0 fully saturated rings. The van der Waals surface area contributed by atoms with Crippen molar-refractivity contribution in [3.8, 4) is 5.75 Å². The first-order valence-corrected chi connectivity index (χ1v) is 6.75. The largest absolute Gasteiger partial charge is 0.492 e. The average Bonchev–Trinajstić information content (AvgIpc) is 2.28. The molecular weight excluding hydrogens is 263 g/mol. The summed E-state index contributed by atoms with van der Waals surface area (Å²) in [4.78, 5) is 0. The summed E-state index contributed by atoms with van der Waals surface area (Å²) in [5.41, 5.74) is 0. The molecule has 1 unspecified atom stereocenters. The van der Waals surface area contributed by atoms with Crippen LogP contribution in [0.3, 0.4) is 0 Å². The first-order valence-electron chi connectivity index (χ1n) is 5.36. The number of hydrogen-bond donors (Lipinski definition) is 1. The van der Waals surface area contributed by atoms with E-state index in [1.54, 1.807) is 18.2 Å². The molecule has 90 valence electrons. The molecule has 1 rings (SSSR count). The number of hydrogen-bond acceptors (Lipinski definition) is 2. The van der Waals surface area contributed by atoms with Gasteiger partial charge in [0, 0.05) is 17.0 Å². The van der Waals surface area contributed by atoms with Gasteiger partial charge in [-0.3, -0.25) is 0 Å². The summed E-state index contributed by atoms with van der Waals surface area (Å²) in [6.07, 6.45) is 2.25. The minimum atomic E-state index is 0.461. The lowest BCUT2D eigenvalue weighted by Crippen LogP contribution is -2.13. The van der Waals surface area contributed by atoms with E-state index in [0.717, 1.165) is 18.6 Å². The minimum Gasteiger partial charge on any atom is -0.492 e. The van der Waals surface area contributed by atoms with E-state index in [9.17, 15) is 0 Å². The quantitative estimate of drug-likeness (QED) is 0.741. The van der Waals surface area contributed by atoms with E-state index in [1.165, 1.54) is 0 Å². The zero-order chi connectivity index (χ0) is 12.0. The molecule has 0 saturated heterocycles. The van der Waals surface area contributed by atoms with E-state index in [2.05, 4.69) is 19.6 Å². The highest BCUT2D eigenvalue weighted by molar-refractivity contribution is 7.80. The van der Waals surface area contributed by atoms with E-state index < -0.39 is 0 Å². The van der Waals surface area contributed by atoms with E-state index in [1.807, 2.05) is 0 Å². The van der Waals surface area contributed by atoms with Gasteiger partial charge in [-0.25, -0.2) is 0 Å². The van der Waals surface area contributed by atoms with Crippen molar-refractivity contribution in [1.29, 1.82) is 0 Å². The zero-order valence-corrected chi connectivity index (χ0v) is 11.7. The lowest BCUT2D eigenvalue weighted by atomic mass is 10.1. The summed E-state index contributed by atoms with van der Waals surface area (Å²) in [5, 5.41) is 1.23. The van der Waals surface area contributed by atoms with Crippen LogP contribution < -0.4 is 4.74 Å². The highest BCUT2D eigenvalue weighted by Crippen LogP contribution is 2.28. The van der Waals surface area contributed by atoms with Gasteiger partial charge in [0.25, 0.3) is 0 Å². The van der Waals surface area contributed by atoms with E-state index in [0.29, 0.717) is 28.3 Å². The minimum absolute atomic E-state index is 0.461. The van der Waals surface area contributed by atoms with Crippen molar-refractivity contribution in [1.82, 2.24) is 0 Å². The molecule has 0 amide bonds. The summed E-state index contributed by atoms with van der Waals surface area (Å²) in [5.74, 6) is 1.94. The second-order valence-electron chi connectivity index (χ2n) is 3.72. The van der Waals surface area contributed by atoms with Crippen LogP contribution in [0.1, 0.15) is 19.8 Å². The second-order valence-corrected chi connectivity index (χ2v) is 4.93. The van der Waals surface area contributed by atoms with Crippen molar-refractivity contribution in [2.45, 2.75) is 19.8 Å². The number of ether oxygens (including phenoxy) is 1. The topological polar surface area (TPSA) is 9.23 Å². The predicted octanol–water partition coefficient (Wildman–Crippen LogP) is 4.72. The molecule has 0 aliphatic heterocycles. The standard InChI is InChI=1S/C12H16Cl2OS/c1-2-3-9(8-16)7-15-12-6-10(13)4-5-11(12)14/h4-6,9,16H,2-3,7-8H2,1H3. The van der Waals surface area contributed by atoms with Gasteiger partial charge in [0.05, 0.1) is 11.6 Å². The van der Waals surface area contributed by atoms with Crippen LogP contribution in [0.2, 0.25) is 10.0 Å². The Kier molecular flexibility index (Phi) is 6.40. The van der Waals surface area contributed by atoms with Gasteiger partial charge in [-0.1, -0.05) is 36.5 Å². The normalized spacial score (nSPS) is 12.5. The molecule has 0 spiro atoms. The third kappa shape index (κ3) is 4.44.